The maximum absolute atomic E-state index is 3.55. The normalized spacial score (nSPS) is 13.6. The van der Waals surface area contributed by atoms with Crippen molar-refractivity contribution in [1.82, 2.24) is 10.2 Å². The summed E-state index contributed by atoms with van der Waals surface area (Å²) in [5.74, 6) is 0.750. The van der Waals surface area contributed by atoms with Gasteiger partial charge in [0.05, 0.1) is 3.79 Å². The molecule has 0 spiro atoms. The molecule has 17 heavy (non-hydrogen) atoms. The summed E-state index contributed by atoms with van der Waals surface area (Å²) in [5, 5.41) is 5.74. The quantitative estimate of drug-likeness (QED) is 0.826. The zero-order valence-electron chi connectivity index (χ0n) is 11.2. The predicted octanol–water partition coefficient (Wildman–Crippen LogP) is 3.58. The topological polar surface area (TPSA) is 15.3 Å². The molecule has 0 aromatic carbocycles. The number of halogens is 1. The molecule has 0 aliphatic carbocycles. The third-order valence-corrected chi connectivity index (χ3v) is 4.36. The van der Waals surface area contributed by atoms with Crippen molar-refractivity contribution in [2.45, 2.75) is 32.9 Å². The van der Waals surface area contributed by atoms with Crippen LogP contribution >= 0.6 is 27.3 Å². The molecule has 0 aliphatic rings. The van der Waals surface area contributed by atoms with Gasteiger partial charge in [0.1, 0.15) is 0 Å². The summed E-state index contributed by atoms with van der Waals surface area (Å²) in [4.78, 5) is 2.32. The summed E-state index contributed by atoms with van der Waals surface area (Å²) < 4.78 is 1.21. The maximum atomic E-state index is 3.55. The first-order chi connectivity index (χ1) is 7.99. The highest BCUT2D eigenvalue weighted by Crippen LogP contribution is 2.20. The maximum Gasteiger partial charge on any atom is 0.0701 e. The van der Waals surface area contributed by atoms with Gasteiger partial charge in [-0.2, -0.15) is 0 Å². The molecule has 1 aromatic rings. The van der Waals surface area contributed by atoms with Gasteiger partial charge in [-0.15, -0.1) is 11.3 Å². The highest BCUT2D eigenvalue weighted by molar-refractivity contribution is 9.11. The SMILES string of the molecule is CC(C)CC(CNCc1csc(Br)c1)N(C)C. The molecule has 0 radical (unpaired) electrons. The Kier molecular flexibility index (Phi) is 6.70. The van der Waals surface area contributed by atoms with Crippen LogP contribution in [0.3, 0.4) is 0 Å². The van der Waals surface area contributed by atoms with Gasteiger partial charge in [-0.1, -0.05) is 13.8 Å². The van der Waals surface area contributed by atoms with E-state index in [4.69, 9.17) is 0 Å². The molecule has 0 saturated carbocycles. The fourth-order valence-electron chi connectivity index (χ4n) is 1.84. The van der Waals surface area contributed by atoms with E-state index in [1.54, 1.807) is 11.3 Å². The molecule has 0 bridgehead atoms. The van der Waals surface area contributed by atoms with Crippen LogP contribution in [0.1, 0.15) is 25.8 Å². The minimum absolute atomic E-state index is 0.622. The number of likely N-dealkylation sites (N-methyl/N-ethyl adjacent to an activating group) is 1. The second-order valence-electron chi connectivity index (χ2n) is 5.14. The van der Waals surface area contributed by atoms with Gasteiger partial charge in [-0.05, 0) is 59.4 Å². The molecule has 1 heterocycles. The Morgan fingerprint density at radius 3 is 2.59 bits per heavy atom. The van der Waals surface area contributed by atoms with Gasteiger partial charge in [-0.25, -0.2) is 0 Å². The zero-order chi connectivity index (χ0) is 12.8. The van der Waals surface area contributed by atoms with E-state index in [0.29, 0.717) is 6.04 Å². The fraction of sp³-hybridized carbons (Fsp3) is 0.692. The van der Waals surface area contributed by atoms with E-state index in [1.165, 1.54) is 15.8 Å². The molecule has 1 rings (SSSR count). The van der Waals surface area contributed by atoms with E-state index in [2.05, 4.69) is 65.5 Å². The highest BCUT2D eigenvalue weighted by atomic mass is 79.9. The summed E-state index contributed by atoms with van der Waals surface area (Å²) in [6.45, 7) is 6.59. The van der Waals surface area contributed by atoms with E-state index < -0.39 is 0 Å². The van der Waals surface area contributed by atoms with Crippen molar-refractivity contribution >= 4 is 27.3 Å². The molecule has 1 atom stereocenters. The fourth-order valence-corrected chi connectivity index (χ4v) is 3.05. The van der Waals surface area contributed by atoms with E-state index in [9.17, 15) is 0 Å². The number of hydrogen-bond acceptors (Lipinski definition) is 3. The lowest BCUT2D eigenvalue weighted by Crippen LogP contribution is -2.38. The van der Waals surface area contributed by atoms with Crippen molar-refractivity contribution in [3.63, 3.8) is 0 Å². The lowest BCUT2D eigenvalue weighted by atomic mass is 10.0. The molecule has 1 aromatic heterocycles. The Morgan fingerprint density at radius 1 is 1.41 bits per heavy atom. The smallest absolute Gasteiger partial charge is 0.0701 e. The van der Waals surface area contributed by atoms with E-state index >= 15 is 0 Å². The summed E-state index contributed by atoms with van der Waals surface area (Å²) in [6.07, 6.45) is 1.24. The molecule has 0 fully saturated rings. The number of thiophene rings is 1. The Labute approximate surface area is 118 Å². The van der Waals surface area contributed by atoms with Gasteiger partial charge in [-0.3, -0.25) is 0 Å². The molecule has 1 N–H and O–H groups in total. The Morgan fingerprint density at radius 2 is 2.12 bits per heavy atom. The second-order valence-corrected chi connectivity index (χ2v) is 7.43. The second kappa shape index (κ2) is 7.52. The molecular weight excluding hydrogens is 296 g/mol. The monoisotopic (exact) mass is 318 g/mol. The molecule has 0 amide bonds. The van der Waals surface area contributed by atoms with Crippen molar-refractivity contribution in [2.24, 2.45) is 5.92 Å². The van der Waals surface area contributed by atoms with Crippen LogP contribution in [0, 0.1) is 5.92 Å². The molecule has 1 unspecified atom stereocenters. The number of nitrogens with one attached hydrogen (secondary N) is 1. The summed E-state index contributed by atoms with van der Waals surface area (Å²) >= 11 is 5.24. The lowest BCUT2D eigenvalue weighted by Gasteiger charge is -2.26. The van der Waals surface area contributed by atoms with Gasteiger partial charge in [0.15, 0.2) is 0 Å². The van der Waals surface area contributed by atoms with Crippen LogP contribution in [-0.2, 0) is 6.54 Å². The van der Waals surface area contributed by atoms with Crippen LogP contribution in [0.4, 0.5) is 0 Å². The predicted molar refractivity (Wildman–Crippen MR) is 80.7 cm³/mol. The van der Waals surface area contributed by atoms with Crippen LogP contribution in [0.25, 0.3) is 0 Å². The van der Waals surface area contributed by atoms with Crippen molar-refractivity contribution < 1.29 is 0 Å². The number of hydrogen-bond donors (Lipinski definition) is 1. The number of nitrogens with zero attached hydrogens (tertiary/aromatic N) is 1. The van der Waals surface area contributed by atoms with Gasteiger partial charge >= 0.3 is 0 Å². The van der Waals surface area contributed by atoms with E-state index in [-0.39, 0.29) is 0 Å². The molecular formula is C13H23BrN2S. The number of rotatable bonds is 7. The van der Waals surface area contributed by atoms with Crippen LogP contribution in [0.15, 0.2) is 15.2 Å². The largest absolute Gasteiger partial charge is 0.311 e. The Balaban J connectivity index is 2.31. The molecule has 0 saturated heterocycles. The third-order valence-electron chi connectivity index (χ3n) is 2.80. The lowest BCUT2D eigenvalue weighted by molar-refractivity contribution is 0.246. The standard InChI is InChI=1S/C13H23BrN2S/c1-10(2)5-12(16(3)4)8-15-7-11-6-13(14)17-9-11/h6,9-10,12,15H,5,7-8H2,1-4H3. The average molecular weight is 319 g/mol. The first-order valence-corrected chi connectivity index (χ1v) is 7.76. The first kappa shape index (κ1) is 15.2. The van der Waals surface area contributed by atoms with Crippen molar-refractivity contribution in [1.29, 1.82) is 0 Å². The van der Waals surface area contributed by atoms with E-state index in [1.807, 2.05) is 0 Å². The molecule has 98 valence electrons. The van der Waals surface area contributed by atoms with Gasteiger partial charge in [0.25, 0.3) is 0 Å². The minimum atomic E-state index is 0.622. The summed E-state index contributed by atoms with van der Waals surface area (Å²) in [5.41, 5.74) is 1.36. The van der Waals surface area contributed by atoms with Gasteiger partial charge in [0, 0.05) is 19.1 Å². The van der Waals surface area contributed by atoms with Gasteiger partial charge < -0.3 is 10.2 Å². The van der Waals surface area contributed by atoms with E-state index in [0.717, 1.165) is 19.0 Å². The molecule has 4 heteroatoms. The van der Waals surface area contributed by atoms with Crippen LogP contribution < -0.4 is 5.32 Å². The van der Waals surface area contributed by atoms with Gasteiger partial charge in [0.2, 0.25) is 0 Å². The average Bonchev–Trinajstić information content (AvgIpc) is 2.62. The van der Waals surface area contributed by atoms with Crippen LogP contribution in [-0.4, -0.2) is 31.6 Å². The molecule has 0 aliphatic heterocycles. The Bertz CT molecular complexity index is 323. The van der Waals surface area contributed by atoms with Crippen molar-refractivity contribution in [3.05, 3.63) is 20.8 Å². The highest BCUT2D eigenvalue weighted by Gasteiger charge is 2.12. The van der Waals surface area contributed by atoms with Crippen molar-refractivity contribution in [3.8, 4) is 0 Å². The summed E-state index contributed by atoms with van der Waals surface area (Å²) in [6, 6.07) is 2.81. The van der Waals surface area contributed by atoms with Crippen molar-refractivity contribution in [2.75, 3.05) is 20.6 Å². The summed E-state index contributed by atoms with van der Waals surface area (Å²) in [7, 11) is 4.33. The minimum Gasteiger partial charge on any atom is -0.311 e. The van der Waals surface area contributed by atoms with Crippen LogP contribution in [0.2, 0.25) is 0 Å². The third kappa shape index (κ3) is 6.00. The van der Waals surface area contributed by atoms with Crippen LogP contribution in [0.5, 0.6) is 0 Å². The first-order valence-electron chi connectivity index (χ1n) is 6.09. The Hall–Kier alpha value is 0.1000. The zero-order valence-corrected chi connectivity index (χ0v) is 13.6. The molecule has 2 nitrogen and oxygen atoms in total.